The Labute approximate surface area is 192 Å². The summed E-state index contributed by atoms with van der Waals surface area (Å²) in [7, 11) is 1.61. The quantitative estimate of drug-likeness (QED) is 0.317. The molecule has 2 amide bonds. The Balaban J connectivity index is 1.42. The molecule has 0 aromatic heterocycles. The molecule has 0 bridgehead atoms. The second kappa shape index (κ2) is 11.0. The number of nitrogens with zero attached hydrogens (tertiary/aromatic N) is 1. The molecule has 170 valence electrons. The monoisotopic (exact) mass is 447 g/mol. The van der Waals surface area contributed by atoms with Gasteiger partial charge in [-0.05, 0) is 23.6 Å². The largest absolute Gasteiger partial charge is 0.382 e. The molecule has 0 spiro atoms. The van der Waals surface area contributed by atoms with Crippen LogP contribution in [-0.2, 0) is 19.0 Å². The lowest BCUT2D eigenvalue weighted by Crippen LogP contribution is -2.41. The first-order chi connectivity index (χ1) is 16.2. The molecule has 1 heterocycles. The van der Waals surface area contributed by atoms with Crippen molar-refractivity contribution >= 4 is 22.6 Å². The highest BCUT2D eigenvalue weighted by atomic mass is 16.7. The number of rotatable bonds is 10. The molecule has 2 aromatic rings. The van der Waals surface area contributed by atoms with Crippen molar-refractivity contribution in [1.29, 1.82) is 0 Å². The van der Waals surface area contributed by atoms with E-state index in [4.69, 9.17) is 19.0 Å². The van der Waals surface area contributed by atoms with Crippen molar-refractivity contribution in [3.05, 3.63) is 71.3 Å². The summed E-state index contributed by atoms with van der Waals surface area (Å²) < 4.78 is 15.6. The van der Waals surface area contributed by atoms with Crippen LogP contribution in [0.1, 0.15) is 26.3 Å². The van der Waals surface area contributed by atoms with E-state index >= 15 is 0 Å². The SMILES string of the molecule is COCCOCCOCCON1C(=O)c2cccc3c(C#CC4C=CC=C4)ccc(c23)C1=O. The summed E-state index contributed by atoms with van der Waals surface area (Å²) in [6.07, 6.45) is 7.95. The molecule has 7 heteroatoms. The Hall–Kier alpha value is -3.28. The van der Waals surface area contributed by atoms with Gasteiger partial charge in [0.1, 0.15) is 0 Å². The molecule has 33 heavy (non-hydrogen) atoms. The topological polar surface area (TPSA) is 74.3 Å². The van der Waals surface area contributed by atoms with Gasteiger partial charge in [-0.2, -0.15) is 0 Å². The van der Waals surface area contributed by atoms with E-state index in [0.29, 0.717) is 42.9 Å². The zero-order valence-electron chi connectivity index (χ0n) is 18.4. The van der Waals surface area contributed by atoms with E-state index in [1.165, 1.54) is 0 Å². The first kappa shape index (κ1) is 22.9. The van der Waals surface area contributed by atoms with Gasteiger partial charge in [-0.1, -0.05) is 48.3 Å². The van der Waals surface area contributed by atoms with E-state index in [2.05, 4.69) is 11.8 Å². The van der Waals surface area contributed by atoms with Crippen LogP contribution in [0.4, 0.5) is 0 Å². The molecule has 2 aliphatic rings. The zero-order chi connectivity index (χ0) is 23.0. The van der Waals surface area contributed by atoms with Gasteiger partial charge in [0.05, 0.1) is 56.7 Å². The van der Waals surface area contributed by atoms with E-state index in [1.54, 1.807) is 25.3 Å². The highest BCUT2D eigenvalue weighted by Gasteiger charge is 2.34. The molecule has 4 rings (SSSR count). The molecule has 1 aliphatic carbocycles. The van der Waals surface area contributed by atoms with Crippen molar-refractivity contribution in [2.24, 2.45) is 5.92 Å². The van der Waals surface area contributed by atoms with Crippen LogP contribution in [0.2, 0.25) is 0 Å². The first-order valence-corrected chi connectivity index (χ1v) is 10.8. The highest BCUT2D eigenvalue weighted by molar-refractivity contribution is 6.25. The van der Waals surface area contributed by atoms with Crippen molar-refractivity contribution in [1.82, 2.24) is 5.06 Å². The third-order valence-electron chi connectivity index (χ3n) is 5.24. The van der Waals surface area contributed by atoms with Gasteiger partial charge in [0, 0.05) is 18.1 Å². The minimum Gasteiger partial charge on any atom is -0.382 e. The third kappa shape index (κ3) is 5.21. The van der Waals surface area contributed by atoms with Crippen molar-refractivity contribution in [2.75, 3.05) is 46.8 Å². The standard InChI is InChI=1S/C26H25NO6/c1-30-13-14-31-15-16-32-17-18-33-27-25(28)22-8-4-7-21-20(10-9-19-5-2-3-6-19)11-12-23(24(21)22)26(27)29/h2-8,11-12,19H,13-18H2,1H3. The Morgan fingerprint density at radius 2 is 1.52 bits per heavy atom. The summed E-state index contributed by atoms with van der Waals surface area (Å²) >= 11 is 0. The molecule has 0 radical (unpaired) electrons. The number of carbonyl (C=O) groups excluding carboxylic acids is 2. The fourth-order valence-corrected chi connectivity index (χ4v) is 3.64. The maximum absolute atomic E-state index is 13.0. The molecule has 0 saturated carbocycles. The number of imide groups is 1. The number of benzene rings is 2. The van der Waals surface area contributed by atoms with E-state index in [1.807, 2.05) is 36.4 Å². The normalized spacial score (nSPS) is 14.9. The number of hydroxylamine groups is 2. The van der Waals surface area contributed by atoms with Gasteiger partial charge < -0.3 is 14.2 Å². The molecule has 1 aliphatic heterocycles. The van der Waals surface area contributed by atoms with Crippen molar-refractivity contribution in [2.45, 2.75) is 0 Å². The molecular formula is C26H25NO6. The summed E-state index contributed by atoms with van der Waals surface area (Å²) in [6, 6.07) is 8.89. The smallest absolute Gasteiger partial charge is 0.285 e. The van der Waals surface area contributed by atoms with Crippen LogP contribution in [0.15, 0.2) is 54.6 Å². The lowest BCUT2D eigenvalue weighted by molar-refractivity contribution is -0.111. The lowest BCUT2D eigenvalue weighted by Gasteiger charge is -2.26. The highest BCUT2D eigenvalue weighted by Crippen LogP contribution is 2.32. The van der Waals surface area contributed by atoms with Gasteiger partial charge in [-0.25, -0.2) is 0 Å². The summed E-state index contributed by atoms with van der Waals surface area (Å²) in [5, 5.41) is 2.21. The van der Waals surface area contributed by atoms with E-state index in [9.17, 15) is 9.59 Å². The van der Waals surface area contributed by atoms with Crippen LogP contribution in [0.25, 0.3) is 10.8 Å². The number of methoxy groups -OCH3 is 1. The van der Waals surface area contributed by atoms with Gasteiger partial charge in [0.15, 0.2) is 0 Å². The van der Waals surface area contributed by atoms with Crippen molar-refractivity contribution < 1.29 is 28.6 Å². The predicted molar refractivity (Wildman–Crippen MR) is 123 cm³/mol. The number of carbonyl (C=O) groups is 2. The second-order valence-corrected chi connectivity index (χ2v) is 7.41. The first-order valence-electron chi connectivity index (χ1n) is 10.8. The van der Waals surface area contributed by atoms with Crippen LogP contribution in [0, 0.1) is 17.8 Å². The number of allylic oxidation sites excluding steroid dienone is 4. The molecule has 0 N–H and O–H groups in total. The fourth-order valence-electron chi connectivity index (χ4n) is 3.64. The minimum absolute atomic E-state index is 0.0623. The van der Waals surface area contributed by atoms with Gasteiger partial charge in [-0.3, -0.25) is 14.4 Å². The van der Waals surface area contributed by atoms with Gasteiger partial charge in [-0.15, -0.1) is 5.06 Å². The zero-order valence-corrected chi connectivity index (χ0v) is 18.4. The van der Waals surface area contributed by atoms with Crippen molar-refractivity contribution in [3.63, 3.8) is 0 Å². The molecular weight excluding hydrogens is 422 g/mol. The van der Waals surface area contributed by atoms with E-state index in [-0.39, 0.29) is 19.1 Å². The number of ether oxygens (including phenoxy) is 3. The molecule has 0 unspecified atom stereocenters. The molecule has 0 saturated heterocycles. The Morgan fingerprint density at radius 1 is 0.848 bits per heavy atom. The third-order valence-corrected chi connectivity index (χ3v) is 5.24. The number of hydrogen-bond acceptors (Lipinski definition) is 6. The predicted octanol–water partition coefficient (Wildman–Crippen LogP) is 3.14. The van der Waals surface area contributed by atoms with E-state index in [0.717, 1.165) is 16.0 Å². The summed E-state index contributed by atoms with van der Waals surface area (Å²) in [4.78, 5) is 31.5. The second-order valence-electron chi connectivity index (χ2n) is 7.41. The maximum Gasteiger partial charge on any atom is 0.285 e. The van der Waals surface area contributed by atoms with Crippen LogP contribution >= 0.6 is 0 Å². The maximum atomic E-state index is 13.0. The minimum atomic E-state index is -0.493. The van der Waals surface area contributed by atoms with Gasteiger partial charge >= 0.3 is 0 Å². The Kier molecular flexibility index (Phi) is 7.66. The number of hydrogen-bond donors (Lipinski definition) is 0. The molecule has 0 fully saturated rings. The van der Waals surface area contributed by atoms with Gasteiger partial charge in [0.2, 0.25) is 0 Å². The van der Waals surface area contributed by atoms with Crippen LogP contribution < -0.4 is 0 Å². The van der Waals surface area contributed by atoms with Crippen molar-refractivity contribution in [3.8, 4) is 11.8 Å². The Bertz CT molecular complexity index is 1120. The summed E-state index contributed by atoms with van der Waals surface area (Å²) in [5.41, 5.74) is 1.61. The summed E-state index contributed by atoms with van der Waals surface area (Å²) in [5.74, 6) is 5.47. The molecule has 0 atom stereocenters. The summed E-state index contributed by atoms with van der Waals surface area (Å²) in [6.45, 7) is 2.12. The van der Waals surface area contributed by atoms with E-state index < -0.39 is 11.8 Å². The average molecular weight is 447 g/mol. The Morgan fingerprint density at radius 3 is 2.24 bits per heavy atom. The number of amides is 2. The molecule has 2 aromatic carbocycles. The fraction of sp³-hybridized carbons (Fsp3) is 0.308. The van der Waals surface area contributed by atoms with Crippen LogP contribution in [-0.4, -0.2) is 63.6 Å². The molecule has 7 nitrogen and oxygen atoms in total. The lowest BCUT2D eigenvalue weighted by atomic mass is 9.92. The average Bonchev–Trinajstić information content (AvgIpc) is 3.36. The van der Waals surface area contributed by atoms with Crippen LogP contribution in [0.3, 0.4) is 0 Å². The van der Waals surface area contributed by atoms with Gasteiger partial charge in [0.25, 0.3) is 11.8 Å². The van der Waals surface area contributed by atoms with Crippen LogP contribution in [0.5, 0.6) is 0 Å².